The molecule has 3 rings (SSSR count). The minimum atomic E-state index is -1.05. The van der Waals surface area contributed by atoms with Crippen LogP contribution in [0.2, 0.25) is 10.0 Å². The summed E-state index contributed by atoms with van der Waals surface area (Å²) in [6.45, 7) is -0.417. The number of amidine groups is 1. The van der Waals surface area contributed by atoms with Crippen LogP contribution in [0.1, 0.15) is 5.56 Å². The van der Waals surface area contributed by atoms with Crippen LogP contribution >= 0.6 is 80.1 Å². The first-order valence-corrected chi connectivity index (χ1v) is 11.5. The maximum Gasteiger partial charge on any atom is 0.341 e. The number of hydrogen-bond donors (Lipinski definition) is 2. The van der Waals surface area contributed by atoms with E-state index in [-0.39, 0.29) is 5.91 Å². The summed E-state index contributed by atoms with van der Waals surface area (Å²) >= 11 is 17.2. The SMILES string of the molecule is O=C(O)COc1c(I)cc(/C=C2\SC(=Nc3ccc(Cl)c(Cl)c3)NC2=O)cc1I. The van der Waals surface area contributed by atoms with Crippen molar-refractivity contribution in [3.8, 4) is 5.75 Å². The zero-order chi connectivity index (χ0) is 21.1. The van der Waals surface area contributed by atoms with Crippen molar-refractivity contribution >= 4 is 109 Å². The van der Waals surface area contributed by atoms with Crippen LogP contribution in [0.25, 0.3) is 6.08 Å². The number of amides is 1. The predicted octanol–water partition coefficient (Wildman–Crippen LogP) is 5.56. The number of carbonyl (C=O) groups excluding carboxylic acids is 1. The molecule has 29 heavy (non-hydrogen) atoms. The van der Waals surface area contributed by atoms with E-state index in [9.17, 15) is 9.59 Å². The van der Waals surface area contributed by atoms with Gasteiger partial charge < -0.3 is 15.2 Å². The van der Waals surface area contributed by atoms with Crippen LogP contribution in [-0.2, 0) is 9.59 Å². The quantitative estimate of drug-likeness (QED) is 0.321. The molecule has 0 unspecified atom stereocenters. The van der Waals surface area contributed by atoms with E-state index in [2.05, 4.69) is 55.5 Å². The summed E-state index contributed by atoms with van der Waals surface area (Å²) in [7, 11) is 0. The van der Waals surface area contributed by atoms with Gasteiger partial charge in [-0.1, -0.05) is 23.2 Å². The number of carboxylic acid groups (broad SMARTS) is 1. The van der Waals surface area contributed by atoms with E-state index in [4.69, 9.17) is 33.0 Å². The molecule has 0 radical (unpaired) electrons. The molecule has 11 heteroatoms. The Morgan fingerprint density at radius 3 is 2.52 bits per heavy atom. The Balaban J connectivity index is 1.82. The summed E-state index contributed by atoms with van der Waals surface area (Å²) in [6, 6.07) is 8.59. The minimum absolute atomic E-state index is 0.259. The monoisotopic (exact) mass is 674 g/mol. The topological polar surface area (TPSA) is 88.0 Å². The van der Waals surface area contributed by atoms with Gasteiger partial charge >= 0.3 is 5.97 Å². The van der Waals surface area contributed by atoms with Crippen molar-refractivity contribution in [2.75, 3.05) is 6.61 Å². The van der Waals surface area contributed by atoms with Gasteiger partial charge in [-0.05, 0) is 98.9 Å². The van der Waals surface area contributed by atoms with Gasteiger partial charge in [0.05, 0.1) is 27.8 Å². The van der Waals surface area contributed by atoms with E-state index in [1.165, 1.54) is 11.8 Å². The fraction of sp³-hybridized carbons (Fsp3) is 0.0556. The first-order valence-electron chi connectivity index (χ1n) is 7.81. The number of thioether (sulfide) groups is 1. The molecule has 1 amide bonds. The highest BCUT2D eigenvalue weighted by Gasteiger charge is 2.24. The number of aliphatic carboxylic acids is 1. The molecule has 0 bridgehead atoms. The fourth-order valence-electron chi connectivity index (χ4n) is 2.24. The van der Waals surface area contributed by atoms with Gasteiger partial charge in [0, 0.05) is 0 Å². The van der Waals surface area contributed by atoms with Crippen LogP contribution in [0.3, 0.4) is 0 Å². The predicted molar refractivity (Wildman–Crippen MR) is 132 cm³/mol. The van der Waals surface area contributed by atoms with E-state index in [0.29, 0.717) is 31.6 Å². The molecular weight excluding hydrogens is 665 g/mol. The number of halogens is 4. The second kappa shape index (κ2) is 9.86. The summed E-state index contributed by atoms with van der Waals surface area (Å²) in [4.78, 5) is 27.9. The first kappa shape index (κ1) is 22.7. The maximum atomic E-state index is 12.3. The molecular formula is C18H10Cl2I2N2O4S. The number of rotatable bonds is 5. The highest BCUT2D eigenvalue weighted by atomic mass is 127. The van der Waals surface area contributed by atoms with E-state index in [1.807, 2.05) is 12.1 Å². The third-order valence-corrected chi connectivity index (χ3v) is 6.69. The van der Waals surface area contributed by atoms with Crippen LogP contribution in [-0.4, -0.2) is 28.8 Å². The molecule has 0 saturated carbocycles. The van der Waals surface area contributed by atoms with Crippen molar-refractivity contribution in [3.63, 3.8) is 0 Å². The molecule has 0 aliphatic carbocycles. The van der Waals surface area contributed by atoms with Gasteiger partial charge in [0.2, 0.25) is 0 Å². The lowest BCUT2D eigenvalue weighted by atomic mass is 10.2. The molecule has 2 N–H and O–H groups in total. The fourth-order valence-corrected chi connectivity index (χ4v) is 5.50. The van der Waals surface area contributed by atoms with Crippen molar-refractivity contribution in [2.24, 2.45) is 4.99 Å². The second-order valence-electron chi connectivity index (χ2n) is 5.58. The average molecular weight is 675 g/mol. The zero-order valence-electron chi connectivity index (χ0n) is 14.2. The average Bonchev–Trinajstić information content (AvgIpc) is 2.96. The summed E-state index contributed by atoms with van der Waals surface area (Å²) in [6.07, 6.45) is 1.74. The van der Waals surface area contributed by atoms with Crippen LogP contribution in [0.5, 0.6) is 5.75 Å². The summed E-state index contributed by atoms with van der Waals surface area (Å²) in [5, 5.41) is 12.7. The number of benzene rings is 2. The Morgan fingerprint density at radius 2 is 1.90 bits per heavy atom. The molecule has 150 valence electrons. The lowest BCUT2D eigenvalue weighted by Crippen LogP contribution is -2.19. The maximum absolute atomic E-state index is 12.3. The molecule has 1 heterocycles. The van der Waals surface area contributed by atoms with E-state index in [1.54, 1.807) is 24.3 Å². The Kier molecular flexibility index (Phi) is 7.70. The molecule has 1 aliphatic heterocycles. The molecule has 2 aromatic rings. The van der Waals surface area contributed by atoms with Gasteiger partial charge in [-0.25, -0.2) is 9.79 Å². The van der Waals surface area contributed by atoms with Gasteiger partial charge in [0.15, 0.2) is 11.8 Å². The van der Waals surface area contributed by atoms with Gasteiger partial charge in [-0.2, -0.15) is 0 Å². The van der Waals surface area contributed by atoms with Gasteiger partial charge in [0.25, 0.3) is 5.91 Å². The van der Waals surface area contributed by atoms with Crippen LogP contribution < -0.4 is 10.1 Å². The standard InChI is InChI=1S/C18H10Cl2I2N2O4S/c19-10-2-1-9(6-11(10)20)23-18-24-17(27)14(29-18)5-8-3-12(21)16(13(22)4-8)28-7-15(25)26/h1-6H,7H2,(H,25,26)(H,23,24,27)/b14-5-. The summed E-state index contributed by atoms with van der Waals surface area (Å²) < 4.78 is 6.81. The Hall–Kier alpha value is -1.02. The number of hydrogen-bond acceptors (Lipinski definition) is 5. The minimum Gasteiger partial charge on any atom is -0.480 e. The molecule has 0 aromatic heterocycles. The van der Waals surface area contributed by atoms with Crippen molar-refractivity contribution in [3.05, 3.63) is 58.0 Å². The Labute approximate surface area is 207 Å². The number of nitrogens with zero attached hydrogens (tertiary/aromatic N) is 1. The molecule has 6 nitrogen and oxygen atoms in total. The molecule has 1 fully saturated rings. The largest absolute Gasteiger partial charge is 0.480 e. The second-order valence-corrected chi connectivity index (χ2v) is 9.75. The highest BCUT2D eigenvalue weighted by molar-refractivity contribution is 14.1. The van der Waals surface area contributed by atoms with Crippen molar-refractivity contribution in [1.29, 1.82) is 0 Å². The third-order valence-electron chi connectivity index (χ3n) is 3.44. The number of carboxylic acids is 1. The summed E-state index contributed by atoms with van der Waals surface area (Å²) in [5.41, 5.74) is 1.36. The first-order chi connectivity index (χ1) is 13.7. The van der Waals surface area contributed by atoms with Crippen molar-refractivity contribution in [1.82, 2.24) is 5.32 Å². The number of ether oxygens (including phenoxy) is 1. The molecule has 1 aliphatic rings. The Bertz CT molecular complexity index is 1050. The smallest absolute Gasteiger partial charge is 0.341 e. The summed E-state index contributed by atoms with van der Waals surface area (Å²) in [5.74, 6) is -0.804. The van der Waals surface area contributed by atoms with Crippen LogP contribution in [0.15, 0.2) is 40.2 Å². The zero-order valence-corrected chi connectivity index (χ0v) is 20.9. The lowest BCUT2D eigenvalue weighted by molar-refractivity contribution is -0.139. The third kappa shape index (κ3) is 6.00. The Morgan fingerprint density at radius 1 is 1.21 bits per heavy atom. The van der Waals surface area contributed by atoms with E-state index in [0.717, 1.165) is 12.7 Å². The molecule has 2 aromatic carbocycles. The number of carbonyl (C=O) groups is 2. The van der Waals surface area contributed by atoms with Gasteiger partial charge in [-0.15, -0.1) is 0 Å². The van der Waals surface area contributed by atoms with Crippen molar-refractivity contribution < 1.29 is 19.4 Å². The van der Waals surface area contributed by atoms with E-state index >= 15 is 0 Å². The molecule has 0 atom stereocenters. The van der Waals surface area contributed by atoms with Crippen molar-refractivity contribution in [2.45, 2.75) is 0 Å². The lowest BCUT2D eigenvalue weighted by Gasteiger charge is -2.09. The molecule has 0 spiro atoms. The van der Waals surface area contributed by atoms with E-state index < -0.39 is 12.6 Å². The van der Waals surface area contributed by atoms with Gasteiger partial charge in [-0.3, -0.25) is 4.79 Å². The van der Waals surface area contributed by atoms with Crippen LogP contribution in [0, 0.1) is 7.14 Å². The number of nitrogens with one attached hydrogen (secondary N) is 1. The van der Waals surface area contributed by atoms with Gasteiger partial charge in [0.1, 0.15) is 5.75 Å². The number of aliphatic imine (C=N–C) groups is 1. The van der Waals surface area contributed by atoms with Crippen LogP contribution in [0.4, 0.5) is 5.69 Å². The molecule has 1 saturated heterocycles. The normalized spacial score (nSPS) is 16.3. The highest BCUT2D eigenvalue weighted by Crippen LogP contribution is 2.33.